The first-order valence-electron chi connectivity index (χ1n) is 14.4. The number of carbonyl (C=O) groups is 3. The summed E-state index contributed by atoms with van der Waals surface area (Å²) >= 11 is 6.30. The van der Waals surface area contributed by atoms with Crippen molar-refractivity contribution in [3.05, 3.63) is 95.9 Å². The summed E-state index contributed by atoms with van der Waals surface area (Å²) in [6.45, 7) is 1.73. The first kappa shape index (κ1) is 28.6. The van der Waals surface area contributed by atoms with E-state index in [4.69, 9.17) is 17.3 Å². The predicted molar refractivity (Wildman–Crippen MR) is 167 cm³/mol. The quantitative estimate of drug-likeness (QED) is 0.260. The van der Waals surface area contributed by atoms with E-state index in [1.165, 1.54) is 17.1 Å². The Bertz CT molecular complexity index is 2020. The Labute approximate surface area is 262 Å². The van der Waals surface area contributed by atoms with Crippen molar-refractivity contribution in [2.75, 3.05) is 5.32 Å². The SMILES string of the molecule is C[C@]12C[C@@H]1C[C@@H](C(=O)Nc1cccc(-c3ccccc3Cl)c1F)N2C(=O)Cn1nc(C(N)=O)c2cc(-c3cncnc3)ccc21. The molecule has 3 N–H and O–H groups in total. The molecule has 2 fully saturated rings. The molecule has 7 rings (SSSR count). The summed E-state index contributed by atoms with van der Waals surface area (Å²) in [7, 11) is 0. The van der Waals surface area contributed by atoms with E-state index in [1.54, 1.807) is 65.8 Å². The fourth-order valence-electron chi connectivity index (χ4n) is 6.53. The van der Waals surface area contributed by atoms with E-state index >= 15 is 4.39 Å². The van der Waals surface area contributed by atoms with Crippen molar-refractivity contribution >= 4 is 45.9 Å². The molecule has 0 radical (unpaired) electrons. The lowest BCUT2D eigenvalue weighted by atomic mass is 10.0. The third-order valence-electron chi connectivity index (χ3n) is 8.90. The number of rotatable bonds is 7. The molecule has 3 atom stereocenters. The highest BCUT2D eigenvalue weighted by Gasteiger charge is 2.65. The molecule has 0 bridgehead atoms. The van der Waals surface area contributed by atoms with Crippen LogP contribution in [0.25, 0.3) is 33.2 Å². The van der Waals surface area contributed by atoms with Crippen molar-refractivity contribution in [1.82, 2.24) is 24.6 Å². The van der Waals surface area contributed by atoms with Crippen LogP contribution in [0.3, 0.4) is 0 Å². The number of primary amides is 1. The standard InChI is InChI=1S/C33H27ClFN7O3/c1-33-13-20(33)12-27(32(45)39-25-8-4-6-22(29(25)35)21-5-2-3-7-24(21)34)42(33)28(43)16-41-26-10-9-18(19-14-37-17-38-15-19)11-23(26)30(40-41)31(36)44/h2-11,14-15,17,20,27H,12-13,16H2,1H3,(H2,36,44)(H,39,45)/t20-,27-,33-/m0/s1. The summed E-state index contributed by atoms with van der Waals surface area (Å²) in [5.74, 6) is -2.03. The van der Waals surface area contributed by atoms with Gasteiger partial charge in [0.15, 0.2) is 11.5 Å². The van der Waals surface area contributed by atoms with E-state index in [2.05, 4.69) is 20.4 Å². The molecule has 0 unspecified atom stereocenters. The molecule has 226 valence electrons. The van der Waals surface area contributed by atoms with Crippen LogP contribution in [0.1, 0.15) is 30.3 Å². The van der Waals surface area contributed by atoms with Gasteiger partial charge in [-0.1, -0.05) is 48.0 Å². The van der Waals surface area contributed by atoms with E-state index in [1.807, 2.05) is 13.0 Å². The van der Waals surface area contributed by atoms with Gasteiger partial charge in [0.05, 0.1) is 11.2 Å². The van der Waals surface area contributed by atoms with Crippen LogP contribution in [-0.2, 0) is 16.1 Å². The lowest BCUT2D eigenvalue weighted by Gasteiger charge is -2.31. The van der Waals surface area contributed by atoms with E-state index < -0.39 is 29.2 Å². The highest BCUT2D eigenvalue weighted by atomic mass is 35.5. The number of halogens is 2. The Morgan fingerprint density at radius 2 is 1.80 bits per heavy atom. The normalized spacial score (nSPS) is 20.2. The van der Waals surface area contributed by atoms with Crippen LogP contribution in [0.15, 0.2) is 79.4 Å². The Balaban J connectivity index is 1.16. The average Bonchev–Trinajstić information content (AvgIpc) is 3.39. The van der Waals surface area contributed by atoms with Crippen LogP contribution in [0.4, 0.5) is 10.1 Å². The lowest BCUT2D eigenvalue weighted by Crippen LogP contribution is -2.50. The largest absolute Gasteiger partial charge is 0.364 e. The minimum absolute atomic E-state index is 0.000615. The molecule has 12 heteroatoms. The smallest absolute Gasteiger partial charge is 0.269 e. The van der Waals surface area contributed by atoms with Crippen LogP contribution in [0.5, 0.6) is 0 Å². The molecule has 3 amide bonds. The number of piperidine rings is 1. The summed E-state index contributed by atoms with van der Waals surface area (Å²) in [4.78, 5) is 49.6. The maximum absolute atomic E-state index is 15.6. The van der Waals surface area contributed by atoms with Crippen molar-refractivity contribution < 1.29 is 18.8 Å². The Morgan fingerprint density at radius 1 is 1.04 bits per heavy atom. The molecule has 45 heavy (non-hydrogen) atoms. The molecule has 3 heterocycles. The number of hydrogen-bond acceptors (Lipinski definition) is 6. The van der Waals surface area contributed by atoms with Crippen molar-refractivity contribution in [2.24, 2.45) is 11.7 Å². The van der Waals surface area contributed by atoms with Gasteiger partial charge >= 0.3 is 0 Å². The maximum Gasteiger partial charge on any atom is 0.269 e. The fourth-order valence-corrected chi connectivity index (χ4v) is 6.77. The summed E-state index contributed by atoms with van der Waals surface area (Å²) in [5, 5.41) is 7.98. The van der Waals surface area contributed by atoms with Crippen LogP contribution in [-0.4, -0.2) is 54.0 Å². The first-order valence-corrected chi connectivity index (χ1v) is 14.8. The highest BCUT2D eigenvalue weighted by Crippen LogP contribution is 2.58. The molecule has 2 aliphatic rings. The fraction of sp³-hybridized carbons (Fsp3) is 0.212. The summed E-state index contributed by atoms with van der Waals surface area (Å²) in [6.07, 6.45) is 5.93. The lowest BCUT2D eigenvalue weighted by molar-refractivity contribution is -0.140. The van der Waals surface area contributed by atoms with Gasteiger partial charge < -0.3 is 16.0 Å². The van der Waals surface area contributed by atoms with Gasteiger partial charge in [0.1, 0.15) is 18.9 Å². The first-order chi connectivity index (χ1) is 21.7. The van der Waals surface area contributed by atoms with E-state index in [-0.39, 0.29) is 35.3 Å². The number of carbonyl (C=O) groups excluding carboxylic acids is 3. The summed E-state index contributed by atoms with van der Waals surface area (Å²) in [6, 6.07) is 16.1. The summed E-state index contributed by atoms with van der Waals surface area (Å²) < 4.78 is 17.1. The molecule has 1 saturated carbocycles. The minimum Gasteiger partial charge on any atom is -0.364 e. The zero-order valence-corrected chi connectivity index (χ0v) is 24.8. The zero-order chi connectivity index (χ0) is 31.5. The number of fused-ring (bicyclic) bond motifs is 2. The average molecular weight is 624 g/mol. The molecule has 1 aliphatic carbocycles. The van der Waals surface area contributed by atoms with Crippen molar-refractivity contribution in [3.8, 4) is 22.3 Å². The minimum atomic E-state index is -0.813. The van der Waals surface area contributed by atoms with Gasteiger partial charge in [0, 0.05) is 45.0 Å². The second kappa shape index (κ2) is 10.8. The molecule has 3 aromatic carbocycles. The third kappa shape index (κ3) is 4.89. The number of aromatic nitrogens is 4. The molecule has 10 nitrogen and oxygen atoms in total. The number of anilines is 1. The Kier molecular flexibility index (Phi) is 6.85. The van der Waals surface area contributed by atoms with Gasteiger partial charge in [0.2, 0.25) is 11.8 Å². The second-order valence-electron chi connectivity index (χ2n) is 11.6. The number of hydrogen-bond donors (Lipinski definition) is 2. The van der Waals surface area contributed by atoms with E-state index in [9.17, 15) is 14.4 Å². The number of nitrogens with one attached hydrogen (secondary N) is 1. The van der Waals surface area contributed by atoms with E-state index in [0.717, 1.165) is 17.5 Å². The molecule has 2 aromatic heterocycles. The number of likely N-dealkylation sites (tertiary alicyclic amines) is 1. The topological polar surface area (TPSA) is 136 Å². The molecular weight excluding hydrogens is 597 g/mol. The van der Waals surface area contributed by atoms with Gasteiger partial charge in [-0.05, 0) is 55.5 Å². The van der Waals surface area contributed by atoms with Crippen molar-refractivity contribution in [1.29, 1.82) is 0 Å². The number of benzene rings is 3. The van der Waals surface area contributed by atoms with Crippen LogP contribution >= 0.6 is 11.6 Å². The Morgan fingerprint density at radius 3 is 2.56 bits per heavy atom. The van der Waals surface area contributed by atoms with Gasteiger partial charge in [0.25, 0.3) is 5.91 Å². The highest BCUT2D eigenvalue weighted by molar-refractivity contribution is 6.33. The Hall–Kier alpha value is -5.16. The molecule has 1 aliphatic heterocycles. The monoisotopic (exact) mass is 623 g/mol. The molecule has 1 saturated heterocycles. The maximum atomic E-state index is 15.6. The second-order valence-corrected chi connectivity index (χ2v) is 12.0. The number of nitrogens with two attached hydrogens (primary N) is 1. The zero-order valence-electron chi connectivity index (χ0n) is 24.1. The van der Waals surface area contributed by atoms with Gasteiger partial charge in [-0.25, -0.2) is 14.4 Å². The molecule has 5 aromatic rings. The van der Waals surface area contributed by atoms with E-state index in [0.29, 0.717) is 27.9 Å². The van der Waals surface area contributed by atoms with Gasteiger partial charge in [-0.15, -0.1) is 0 Å². The van der Waals surface area contributed by atoms with Crippen molar-refractivity contribution in [2.45, 2.75) is 37.9 Å². The van der Waals surface area contributed by atoms with Crippen LogP contribution in [0.2, 0.25) is 5.02 Å². The predicted octanol–water partition coefficient (Wildman–Crippen LogP) is 5.07. The third-order valence-corrected chi connectivity index (χ3v) is 9.23. The number of nitrogens with zero attached hydrogens (tertiary/aromatic N) is 5. The molecular formula is C33H27ClFN7O3. The van der Waals surface area contributed by atoms with Gasteiger partial charge in [-0.2, -0.15) is 5.10 Å². The molecule has 0 spiro atoms. The van der Waals surface area contributed by atoms with Gasteiger partial charge in [-0.3, -0.25) is 19.1 Å². The van der Waals surface area contributed by atoms with Crippen LogP contribution < -0.4 is 11.1 Å². The van der Waals surface area contributed by atoms with Crippen molar-refractivity contribution in [3.63, 3.8) is 0 Å². The van der Waals surface area contributed by atoms with Crippen LogP contribution in [0, 0.1) is 11.7 Å². The number of amides is 3. The summed E-state index contributed by atoms with van der Waals surface area (Å²) in [5.41, 5.74) is 7.97.